The van der Waals surface area contributed by atoms with Gasteiger partial charge in [0, 0.05) is 19.0 Å². The molecule has 0 radical (unpaired) electrons. The zero-order chi connectivity index (χ0) is 18.3. The van der Waals surface area contributed by atoms with Crippen molar-refractivity contribution in [3.05, 3.63) is 48.0 Å². The number of nitrogens with zero attached hydrogens (tertiary/aromatic N) is 3. The smallest absolute Gasteiger partial charge is 0.222 e. The van der Waals surface area contributed by atoms with E-state index < -0.39 is 10.0 Å². The SMILES string of the molecule is CC(C)NS(=O)(=O)Cc1ccc(CNC(=O)CCn2cncn2)cc1. The zero-order valence-corrected chi connectivity index (χ0v) is 15.2. The van der Waals surface area contributed by atoms with Crippen LogP contribution >= 0.6 is 0 Å². The minimum atomic E-state index is -3.33. The quantitative estimate of drug-likeness (QED) is 0.684. The third-order valence-corrected chi connectivity index (χ3v) is 4.86. The summed E-state index contributed by atoms with van der Waals surface area (Å²) in [6.07, 6.45) is 3.31. The molecule has 0 aliphatic heterocycles. The molecule has 0 aliphatic carbocycles. The highest BCUT2D eigenvalue weighted by molar-refractivity contribution is 7.88. The van der Waals surface area contributed by atoms with Crippen LogP contribution in [0.2, 0.25) is 0 Å². The standard InChI is InChI=1S/C16H23N5O3S/c1-13(2)20-25(23,24)10-15-5-3-14(4-6-15)9-18-16(22)7-8-21-12-17-11-19-21/h3-6,11-13,20H,7-10H2,1-2H3,(H,18,22). The lowest BCUT2D eigenvalue weighted by Gasteiger charge is -2.10. The number of benzene rings is 1. The lowest BCUT2D eigenvalue weighted by molar-refractivity contribution is -0.121. The second kappa shape index (κ2) is 8.72. The van der Waals surface area contributed by atoms with Gasteiger partial charge in [-0.25, -0.2) is 18.1 Å². The highest BCUT2D eigenvalue weighted by atomic mass is 32.2. The number of nitrogens with one attached hydrogen (secondary N) is 2. The van der Waals surface area contributed by atoms with E-state index in [1.807, 2.05) is 12.1 Å². The second-order valence-corrected chi connectivity index (χ2v) is 7.79. The fourth-order valence-corrected chi connectivity index (χ4v) is 3.66. The van der Waals surface area contributed by atoms with Crippen LogP contribution in [0.4, 0.5) is 0 Å². The minimum Gasteiger partial charge on any atom is -0.352 e. The first kappa shape index (κ1) is 19.1. The highest BCUT2D eigenvalue weighted by Gasteiger charge is 2.12. The molecule has 1 aromatic heterocycles. The zero-order valence-electron chi connectivity index (χ0n) is 14.3. The van der Waals surface area contributed by atoms with E-state index in [2.05, 4.69) is 20.1 Å². The molecule has 0 unspecified atom stereocenters. The van der Waals surface area contributed by atoms with Gasteiger partial charge >= 0.3 is 0 Å². The number of hydrogen-bond acceptors (Lipinski definition) is 5. The molecule has 0 saturated heterocycles. The fourth-order valence-electron chi connectivity index (χ4n) is 2.23. The van der Waals surface area contributed by atoms with Crippen molar-refractivity contribution in [3.63, 3.8) is 0 Å². The maximum Gasteiger partial charge on any atom is 0.222 e. The van der Waals surface area contributed by atoms with E-state index in [4.69, 9.17) is 0 Å². The molecule has 2 N–H and O–H groups in total. The molecule has 1 aromatic carbocycles. The molecule has 25 heavy (non-hydrogen) atoms. The Morgan fingerprint density at radius 1 is 1.20 bits per heavy atom. The van der Waals surface area contributed by atoms with Crippen molar-refractivity contribution in [2.24, 2.45) is 0 Å². The Morgan fingerprint density at radius 2 is 1.88 bits per heavy atom. The molecular formula is C16H23N5O3S. The lowest BCUT2D eigenvalue weighted by Crippen LogP contribution is -2.31. The molecule has 9 heteroatoms. The summed E-state index contributed by atoms with van der Waals surface area (Å²) in [5.41, 5.74) is 1.61. The second-order valence-electron chi connectivity index (χ2n) is 6.03. The van der Waals surface area contributed by atoms with E-state index in [9.17, 15) is 13.2 Å². The van der Waals surface area contributed by atoms with Crippen LogP contribution in [0.15, 0.2) is 36.9 Å². The molecule has 0 atom stereocenters. The summed E-state index contributed by atoms with van der Waals surface area (Å²) in [6, 6.07) is 7.03. The van der Waals surface area contributed by atoms with Gasteiger partial charge in [-0.2, -0.15) is 5.10 Å². The van der Waals surface area contributed by atoms with Gasteiger partial charge in [0.1, 0.15) is 12.7 Å². The van der Waals surface area contributed by atoms with E-state index in [1.165, 1.54) is 6.33 Å². The monoisotopic (exact) mass is 365 g/mol. The molecule has 8 nitrogen and oxygen atoms in total. The first-order chi connectivity index (χ1) is 11.8. The molecule has 0 fully saturated rings. The van der Waals surface area contributed by atoms with Crippen LogP contribution in [0, 0.1) is 0 Å². The van der Waals surface area contributed by atoms with Crippen molar-refractivity contribution < 1.29 is 13.2 Å². The minimum absolute atomic E-state index is 0.0598. The molecule has 2 rings (SSSR count). The summed E-state index contributed by atoms with van der Waals surface area (Å²) in [5.74, 6) is -0.140. The number of amides is 1. The lowest BCUT2D eigenvalue weighted by atomic mass is 10.1. The fraction of sp³-hybridized carbons (Fsp3) is 0.438. The number of hydrogen-bond donors (Lipinski definition) is 2. The number of aryl methyl sites for hydroxylation is 1. The number of carbonyl (C=O) groups excluding carboxylic acids is 1. The van der Waals surface area contributed by atoms with E-state index in [-0.39, 0.29) is 17.7 Å². The van der Waals surface area contributed by atoms with Crippen LogP contribution in [0.1, 0.15) is 31.4 Å². The van der Waals surface area contributed by atoms with Crippen LogP contribution < -0.4 is 10.0 Å². The largest absolute Gasteiger partial charge is 0.352 e. The maximum atomic E-state index is 11.9. The summed E-state index contributed by atoms with van der Waals surface area (Å²) in [4.78, 5) is 15.6. The Bertz CT molecular complexity index is 771. The number of carbonyl (C=O) groups is 1. The molecular weight excluding hydrogens is 342 g/mol. The van der Waals surface area contributed by atoms with Crippen LogP contribution in [0.5, 0.6) is 0 Å². The normalized spacial score (nSPS) is 11.6. The maximum absolute atomic E-state index is 11.9. The van der Waals surface area contributed by atoms with Crippen molar-refractivity contribution in [1.82, 2.24) is 24.8 Å². The summed E-state index contributed by atoms with van der Waals surface area (Å²) in [5, 5.41) is 6.76. The van der Waals surface area contributed by atoms with Crippen molar-refractivity contribution >= 4 is 15.9 Å². The molecule has 136 valence electrons. The molecule has 0 saturated carbocycles. The van der Waals surface area contributed by atoms with Gasteiger partial charge in [0.25, 0.3) is 0 Å². The number of sulfonamides is 1. The predicted molar refractivity (Wildman–Crippen MR) is 93.8 cm³/mol. The van der Waals surface area contributed by atoms with E-state index in [0.29, 0.717) is 25.1 Å². The average molecular weight is 365 g/mol. The first-order valence-corrected chi connectivity index (χ1v) is 9.66. The summed E-state index contributed by atoms with van der Waals surface area (Å²) < 4.78 is 27.9. The van der Waals surface area contributed by atoms with Crippen molar-refractivity contribution in [2.75, 3.05) is 0 Å². The van der Waals surface area contributed by atoms with Gasteiger partial charge in [-0.05, 0) is 25.0 Å². The third kappa shape index (κ3) is 7.02. The molecule has 0 bridgehead atoms. The van der Waals surface area contributed by atoms with Gasteiger partial charge in [-0.1, -0.05) is 24.3 Å². The van der Waals surface area contributed by atoms with Crippen LogP contribution in [0.25, 0.3) is 0 Å². The van der Waals surface area contributed by atoms with Crippen LogP contribution in [-0.2, 0) is 33.7 Å². The first-order valence-electron chi connectivity index (χ1n) is 8.01. The Kier molecular flexibility index (Phi) is 6.65. The number of aromatic nitrogens is 3. The topological polar surface area (TPSA) is 106 Å². The molecule has 0 spiro atoms. The predicted octanol–water partition coefficient (Wildman–Crippen LogP) is 0.812. The Labute approximate surface area is 147 Å². The molecule has 1 amide bonds. The van der Waals surface area contributed by atoms with Crippen molar-refractivity contribution in [1.29, 1.82) is 0 Å². The number of rotatable bonds is 9. The molecule has 1 heterocycles. The van der Waals surface area contributed by atoms with Gasteiger partial charge in [-0.15, -0.1) is 0 Å². The van der Waals surface area contributed by atoms with Crippen molar-refractivity contribution in [3.8, 4) is 0 Å². The van der Waals surface area contributed by atoms with Gasteiger partial charge in [0.2, 0.25) is 15.9 Å². The summed E-state index contributed by atoms with van der Waals surface area (Å²) in [7, 11) is -3.33. The summed E-state index contributed by atoms with van der Waals surface area (Å²) >= 11 is 0. The summed E-state index contributed by atoms with van der Waals surface area (Å²) in [6.45, 7) is 4.44. The van der Waals surface area contributed by atoms with Gasteiger partial charge in [0.15, 0.2) is 0 Å². The molecule has 0 aliphatic rings. The van der Waals surface area contributed by atoms with Crippen LogP contribution in [-0.4, -0.2) is 35.1 Å². The Balaban J connectivity index is 1.79. The van der Waals surface area contributed by atoms with Gasteiger partial charge in [0.05, 0.1) is 12.3 Å². The van der Waals surface area contributed by atoms with Crippen molar-refractivity contribution in [2.45, 2.75) is 45.2 Å². The molecule has 2 aromatic rings. The highest BCUT2D eigenvalue weighted by Crippen LogP contribution is 2.08. The Morgan fingerprint density at radius 3 is 2.48 bits per heavy atom. The Hall–Kier alpha value is -2.26. The van der Waals surface area contributed by atoms with E-state index in [1.54, 1.807) is 37.0 Å². The third-order valence-electron chi connectivity index (χ3n) is 3.32. The van der Waals surface area contributed by atoms with Crippen LogP contribution in [0.3, 0.4) is 0 Å². The average Bonchev–Trinajstić information content (AvgIpc) is 3.04. The van der Waals surface area contributed by atoms with E-state index >= 15 is 0 Å². The van der Waals surface area contributed by atoms with Gasteiger partial charge < -0.3 is 5.32 Å². The van der Waals surface area contributed by atoms with E-state index in [0.717, 1.165) is 5.56 Å². The van der Waals surface area contributed by atoms with Gasteiger partial charge in [-0.3, -0.25) is 9.48 Å².